The number of aromatic nitrogens is 1. The van der Waals surface area contributed by atoms with E-state index in [1.807, 2.05) is 4.90 Å². The summed E-state index contributed by atoms with van der Waals surface area (Å²) in [6, 6.07) is 1.54. The average molecular weight is 251 g/mol. The molecule has 1 unspecified atom stereocenters. The minimum atomic E-state index is -0.446. The number of rotatable bonds is 3. The molecule has 18 heavy (non-hydrogen) atoms. The Morgan fingerprint density at radius 1 is 1.72 bits per heavy atom. The van der Waals surface area contributed by atoms with E-state index in [0.717, 1.165) is 0 Å². The number of aliphatic hydroxyl groups excluding tert-OH is 1. The second-order valence-electron chi connectivity index (χ2n) is 4.20. The van der Waals surface area contributed by atoms with Crippen LogP contribution in [0, 0.1) is 0 Å². The number of carbonyl (C=O) groups excluding carboxylic acids is 1. The molecule has 0 bridgehead atoms. The first-order valence-electron chi connectivity index (χ1n) is 5.98. The van der Waals surface area contributed by atoms with Gasteiger partial charge >= 0.3 is 5.97 Å². The van der Waals surface area contributed by atoms with Gasteiger partial charge in [-0.3, -0.25) is 0 Å². The summed E-state index contributed by atoms with van der Waals surface area (Å²) in [5.41, 5.74) is 6.59. The Bertz CT molecular complexity index is 450. The van der Waals surface area contributed by atoms with Crippen molar-refractivity contribution in [1.29, 1.82) is 0 Å². The van der Waals surface area contributed by atoms with Crippen molar-refractivity contribution in [3.8, 4) is 0 Å². The van der Waals surface area contributed by atoms with Crippen LogP contribution < -0.4 is 10.6 Å². The Morgan fingerprint density at radius 3 is 3.11 bits per heavy atom. The third kappa shape index (κ3) is 2.38. The molecule has 6 nitrogen and oxygen atoms in total. The van der Waals surface area contributed by atoms with E-state index in [1.165, 1.54) is 6.20 Å². The Labute approximate surface area is 105 Å². The molecular formula is C12H17N3O3. The van der Waals surface area contributed by atoms with Crippen LogP contribution in [-0.4, -0.2) is 41.9 Å². The number of pyridine rings is 1. The van der Waals surface area contributed by atoms with Gasteiger partial charge < -0.3 is 20.5 Å². The first kappa shape index (κ1) is 12.6. The van der Waals surface area contributed by atoms with Crippen LogP contribution in [0.15, 0.2) is 12.3 Å². The molecule has 1 fully saturated rings. The fourth-order valence-corrected chi connectivity index (χ4v) is 2.04. The van der Waals surface area contributed by atoms with Gasteiger partial charge in [0.15, 0.2) is 5.82 Å². The number of β-amino-alcohol motifs (C(OH)–C–C–N with tert-alkyl or cyclic N) is 1. The Morgan fingerprint density at radius 2 is 2.50 bits per heavy atom. The van der Waals surface area contributed by atoms with Crippen molar-refractivity contribution in [3.63, 3.8) is 0 Å². The summed E-state index contributed by atoms with van der Waals surface area (Å²) in [6.45, 7) is 3.22. The molecule has 0 spiro atoms. The van der Waals surface area contributed by atoms with E-state index >= 15 is 0 Å². The van der Waals surface area contributed by atoms with E-state index in [2.05, 4.69) is 4.98 Å². The van der Waals surface area contributed by atoms with Gasteiger partial charge in [-0.1, -0.05) is 0 Å². The minimum absolute atomic E-state index is 0.304. The van der Waals surface area contributed by atoms with Crippen LogP contribution in [0.2, 0.25) is 0 Å². The third-order valence-corrected chi connectivity index (χ3v) is 2.93. The van der Waals surface area contributed by atoms with Gasteiger partial charge in [-0.15, -0.1) is 0 Å². The van der Waals surface area contributed by atoms with E-state index in [4.69, 9.17) is 10.5 Å². The smallest absolute Gasteiger partial charge is 0.340 e. The number of hydrogen-bond acceptors (Lipinski definition) is 6. The molecule has 3 N–H and O–H groups in total. The van der Waals surface area contributed by atoms with Crippen molar-refractivity contribution >= 4 is 17.5 Å². The highest BCUT2D eigenvalue weighted by Gasteiger charge is 2.25. The molecule has 0 radical (unpaired) electrons. The second-order valence-corrected chi connectivity index (χ2v) is 4.20. The zero-order chi connectivity index (χ0) is 13.1. The zero-order valence-electron chi connectivity index (χ0n) is 10.3. The van der Waals surface area contributed by atoms with Crippen LogP contribution in [0.25, 0.3) is 0 Å². The summed E-state index contributed by atoms with van der Waals surface area (Å²) < 4.78 is 4.93. The first-order chi connectivity index (χ1) is 8.63. The monoisotopic (exact) mass is 251 g/mol. The number of carbonyl (C=O) groups is 1. The maximum atomic E-state index is 11.7. The fourth-order valence-electron chi connectivity index (χ4n) is 2.04. The lowest BCUT2D eigenvalue weighted by atomic mass is 10.2. The lowest BCUT2D eigenvalue weighted by molar-refractivity contribution is 0.0527. The molecule has 0 saturated carbocycles. The second kappa shape index (κ2) is 5.22. The number of anilines is 2. The Balaban J connectivity index is 2.27. The zero-order valence-corrected chi connectivity index (χ0v) is 10.3. The molecule has 98 valence electrons. The summed E-state index contributed by atoms with van der Waals surface area (Å²) in [5, 5.41) is 9.51. The predicted octanol–water partition coefficient (Wildman–Crippen LogP) is 0.412. The Kier molecular flexibility index (Phi) is 3.66. The van der Waals surface area contributed by atoms with Crippen LogP contribution >= 0.6 is 0 Å². The largest absolute Gasteiger partial charge is 0.462 e. The Hall–Kier alpha value is -1.82. The normalized spacial score (nSPS) is 19.0. The van der Waals surface area contributed by atoms with E-state index in [-0.39, 0.29) is 6.10 Å². The van der Waals surface area contributed by atoms with Crippen LogP contribution in [-0.2, 0) is 4.74 Å². The number of nitrogens with zero attached hydrogens (tertiary/aromatic N) is 2. The van der Waals surface area contributed by atoms with E-state index < -0.39 is 5.97 Å². The molecule has 0 aromatic carbocycles. The fraction of sp³-hybridized carbons (Fsp3) is 0.500. The number of hydrogen-bond donors (Lipinski definition) is 2. The van der Waals surface area contributed by atoms with Crippen LogP contribution in [0.5, 0.6) is 0 Å². The lowest BCUT2D eigenvalue weighted by Gasteiger charge is -2.19. The van der Waals surface area contributed by atoms with Crippen molar-refractivity contribution in [2.75, 3.05) is 30.3 Å². The number of aliphatic hydroxyl groups is 1. The van der Waals surface area contributed by atoms with E-state index in [1.54, 1.807) is 13.0 Å². The highest BCUT2D eigenvalue weighted by Crippen LogP contribution is 2.27. The van der Waals surface area contributed by atoms with Gasteiger partial charge in [-0.25, -0.2) is 9.78 Å². The molecule has 0 aliphatic carbocycles. The highest BCUT2D eigenvalue weighted by atomic mass is 16.5. The molecule has 0 amide bonds. The van der Waals surface area contributed by atoms with Crippen molar-refractivity contribution in [3.05, 3.63) is 17.8 Å². The van der Waals surface area contributed by atoms with Crippen LogP contribution in [0.1, 0.15) is 23.7 Å². The SMILES string of the molecule is CCOC(=O)c1ccnc(N2CCC(O)C2)c1N. The van der Waals surface area contributed by atoms with Crippen molar-refractivity contribution in [1.82, 2.24) is 4.98 Å². The molecule has 1 aromatic heterocycles. The molecule has 1 saturated heterocycles. The first-order valence-corrected chi connectivity index (χ1v) is 5.98. The van der Waals surface area contributed by atoms with Crippen LogP contribution in [0.4, 0.5) is 11.5 Å². The number of ether oxygens (including phenoxy) is 1. The summed E-state index contributed by atoms with van der Waals surface area (Å²) in [6.07, 6.45) is 1.85. The molecule has 1 atom stereocenters. The molecular weight excluding hydrogens is 234 g/mol. The average Bonchev–Trinajstić information content (AvgIpc) is 2.76. The van der Waals surface area contributed by atoms with Crippen molar-refractivity contribution < 1.29 is 14.6 Å². The topological polar surface area (TPSA) is 88.7 Å². The molecule has 2 heterocycles. The predicted molar refractivity (Wildman–Crippen MR) is 67.4 cm³/mol. The van der Waals surface area contributed by atoms with Crippen molar-refractivity contribution in [2.24, 2.45) is 0 Å². The molecule has 1 aliphatic rings. The van der Waals surface area contributed by atoms with Gasteiger partial charge in [0.25, 0.3) is 0 Å². The number of esters is 1. The molecule has 1 aromatic rings. The highest BCUT2D eigenvalue weighted by molar-refractivity contribution is 5.97. The third-order valence-electron chi connectivity index (χ3n) is 2.93. The molecule has 1 aliphatic heterocycles. The quantitative estimate of drug-likeness (QED) is 0.756. The van der Waals surface area contributed by atoms with Crippen LogP contribution in [0.3, 0.4) is 0 Å². The van der Waals surface area contributed by atoms with E-state index in [0.29, 0.717) is 43.2 Å². The van der Waals surface area contributed by atoms with Crippen molar-refractivity contribution in [2.45, 2.75) is 19.4 Å². The summed E-state index contributed by atoms with van der Waals surface area (Å²) in [4.78, 5) is 17.8. The van der Waals surface area contributed by atoms with E-state index in [9.17, 15) is 9.90 Å². The van der Waals surface area contributed by atoms with Gasteiger partial charge in [0.1, 0.15) is 0 Å². The maximum absolute atomic E-state index is 11.7. The lowest BCUT2D eigenvalue weighted by Crippen LogP contribution is -2.24. The standard InChI is InChI=1S/C12H17N3O3/c1-2-18-12(17)9-3-5-14-11(10(9)13)15-6-4-8(16)7-15/h3,5,8,16H,2,4,6-7,13H2,1H3. The van der Waals surface area contributed by atoms with Gasteiger partial charge in [-0.05, 0) is 19.4 Å². The molecule has 6 heteroatoms. The van der Waals surface area contributed by atoms with Gasteiger partial charge in [0.2, 0.25) is 0 Å². The summed E-state index contributed by atoms with van der Waals surface area (Å²) in [5.74, 6) is 0.0931. The van der Waals surface area contributed by atoms with Gasteiger partial charge in [-0.2, -0.15) is 0 Å². The van der Waals surface area contributed by atoms with Gasteiger partial charge in [0.05, 0.1) is 24.0 Å². The minimum Gasteiger partial charge on any atom is -0.462 e. The number of nitrogen functional groups attached to an aromatic ring is 1. The summed E-state index contributed by atoms with van der Waals surface area (Å²) >= 11 is 0. The number of nitrogens with two attached hydrogens (primary N) is 1. The summed E-state index contributed by atoms with van der Waals surface area (Å²) in [7, 11) is 0. The van der Waals surface area contributed by atoms with Gasteiger partial charge in [0, 0.05) is 19.3 Å². The molecule has 2 rings (SSSR count). The maximum Gasteiger partial charge on any atom is 0.340 e.